The van der Waals surface area contributed by atoms with E-state index >= 15 is 0 Å². The van der Waals surface area contributed by atoms with Gasteiger partial charge in [-0.05, 0) is 75.3 Å². The molecule has 2 fully saturated rings. The second kappa shape index (κ2) is 11.1. The highest BCUT2D eigenvalue weighted by molar-refractivity contribution is 7.91. The van der Waals surface area contributed by atoms with Gasteiger partial charge in [0.15, 0.2) is 32.2 Å². The van der Waals surface area contributed by atoms with Gasteiger partial charge in [-0.15, -0.1) is 0 Å². The molecule has 1 saturated carbocycles. The lowest BCUT2D eigenvalue weighted by molar-refractivity contribution is 0.0453. The first-order valence-corrected chi connectivity index (χ1v) is 14.2. The fourth-order valence-electron chi connectivity index (χ4n) is 4.30. The molecule has 38 heavy (non-hydrogen) atoms. The Morgan fingerprint density at radius 2 is 1.84 bits per heavy atom. The van der Waals surface area contributed by atoms with Gasteiger partial charge in [0.05, 0.1) is 25.1 Å². The molecule has 1 saturated heterocycles. The van der Waals surface area contributed by atoms with Crippen molar-refractivity contribution in [3.63, 3.8) is 0 Å². The average molecular weight is 555 g/mol. The van der Waals surface area contributed by atoms with Crippen LogP contribution in [0.25, 0.3) is 11.1 Å². The minimum atomic E-state index is -3.97. The molecular weight excluding hydrogens is 522 g/mol. The van der Waals surface area contributed by atoms with E-state index in [0.717, 1.165) is 25.0 Å². The summed E-state index contributed by atoms with van der Waals surface area (Å²) in [6.07, 6.45) is 1.23. The molecule has 12 heteroatoms. The third-order valence-corrected chi connectivity index (χ3v) is 8.62. The number of aromatic nitrogens is 1. The molecule has 0 bridgehead atoms. The van der Waals surface area contributed by atoms with Crippen molar-refractivity contribution in [3.8, 4) is 16.9 Å². The van der Waals surface area contributed by atoms with Crippen LogP contribution < -0.4 is 4.74 Å². The molecule has 1 aliphatic carbocycles. The number of hydrogen-bond acceptors (Lipinski definition) is 8. The van der Waals surface area contributed by atoms with Crippen LogP contribution in [0.15, 0.2) is 29.3 Å². The third-order valence-electron chi connectivity index (χ3n) is 6.93. The minimum Gasteiger partial charge on any atom is -0.487 e. The first-order chi connectivity index (χ1) is 17.9. The maximum atomic E-state index is 14.9. The quantitative estimate of drug-likeness (QED) is 0.484. The van der Waals surface area contributed by atoms with Crippen molar-refractivity contribution in [2.24, 2.45) is 5.92 Å². The van der Waals surface area contributed by atoms with Gasteiger partial charge in [0, 0.05) is 24.3 Å². The van der Waals surface area contributed by atoms with Crippen LogP contribution in [-0.4, -0.2) is 78.4 Å². The molecule has 208 valence electrons. The maximum absolute atomic E-state index is 14.9. The Kier molecular flexibility index (Phi) is 8.24. The molecule has 2 aliphatic rings. The zero-order valence-electron chi connectivity index (χ0n) is 21.3. The number of ether oxygens (including phenoxy) is 2. The van der Waals surface area contributed by atoms with Crippen LogP contribution in [0, 0.1) is 24.5 Å². The van der Waals surface area contributed by atoms with E-state index in [0.29, 0.717) is 31.5 Å². The number of nitrogens with zero attached hydrogens (tertiary/aromatic N) is 2. The van der Waals surface area contributed by atoms with Crippen molar-refractivity contribution < 1.29 is 41.7 Å². The van der Waals surface area contributed by atoms with Crippen LogP contribution in [-0.2, 0) is 14.6 Å². The number of likely N-dealkylation sites (tertiary alicyclic amines) is 1. The highest BCUT2D eigenvalue weighted by Gasteiger charge is 2.43. The Bertz CT molecular complexity index is 1270. The van der Waals surface area contributed by atoms with Gasteiger partial charge in [-0.1, -0.05) is 0 Å². The number of hydrogen-bond donors (Lipinski definition) is 2. The van der Waals surface area contributed by atoms with Gasteiger partial charge in [-0.3, -0.25) is 0 Å². The van der Waals surface area contributed by atoms with E-state index in [1.165, 1.54) is 19.1 Å². The van der Waals surface area contributed by atoms with Crippen molar-refractivity contribution >= 4 is 15.9 Å². The number of aliphatic hydroxyl groups excluding tert-OH is 2. The van der Waals surface area contributed by atoms with Gasteiger partial charge in [0.25, 0.3) is 0 Å². The summed E-state index contributed by atoms with van der Waals surface area (Å²) in [6.45, 7) is 3.78. The maximum Gasteiger partial charge on any atom is 0.410 e. The third kappa shape index (κ3) is 6.59. The summed E-state index contributed by atoms with van der Waals surface area (Å²) < 4.78 is 65.5. The van der Waals surface area contributed by atoms with E-state index in [9.17, 15) is 27.1 Å². The van der Waals surface area contributed by atoms with Crippen LogP contribution in [0.5, 0.6) is 5.75 Å². The zero-order chi connectivity index (χ0) is 27.7. The molecule has 2 heterocycles. The molecule has 1 amide bonds. The molecular formula is C26H32F2N2O7S. The highest BCUT2D eigenvalue weighted by Crippen LogP contribution is 2.39. The van der Waals surface area contributed by atoms with E-state index in [2.05, 4.69) is 4.98 Å². The van der Waals surface area contributed by atoms with E-state index in [-0.39, 0.29) is 40.5 Å². The first kappa shape index (κ1) is 28.2. The van der Waals surface area contributed by atoms with Gasteiger partial charge >= 0.3 is 6.09 Å². The lowest BCUT2D eigenvalue weighted by atomic mass is 9.98. The molecule has 2 N–H and O–H groups in total. The summed E-state index contributed by atoms with van der Waals surface area (Å²) in [7, 11) is -3.97. The Morgan fingerprint density at radius 3 is 2.39 bits per heavy atom. The lowest BCUT2D eigenvalue weighted by Crippen LogP contribution is -2.41. The molecule has 1 aliphatic heterocycles. The normalized spacial score (nSPS) is 18.2. The van der Waals surface area contributed by atoms with E-state index < -0.39 is 45.7 Å². The molecule has 1 atom stereocenters. The number of aliphatic hydroxyl groups is 2. The van der Waals surface area contributed by atoms with Crippen LogP contribution in [0.3, 0.4) is 0 Å². The molecule has 4 rings (SSSR count). The number of pyridine rings is 1. The van der Waals surface area contributed by atoms with Crippen LogP contribution in [0.1, 0.15) is 38.3 Å². The molecule has 1 aromatic heterocycles. The Morgan fingerprint density at radius 1 is 1.21 bits per heavy atom. The second-order valence-electron chi connectivity index (χ2n) is 10.2. The zero-order valence-corrected chi connectivity index (χ0v) is 22.1. The topological polar surface area (TPSA) is 126 Å². The number of sulfone groups is 1. The molecule has 0 spiro atoms. The first-order valence-electron chi connectivity index (χ1n) is 12.5. The molecule has 9 nitrogen and oxygen atoms in total. The summed E-state index contributed by atoms with van der Waals surface area (Å²) in [5.41, 5.74) is 0.373. The fourth-order valence-corrected chi connectivity index (χ4v) is 5.63. The van der Waals surface area contributed by atoms with Gasteiger partial charge in [0.1, 0.15) is 5.60 Å². The van der Waals surface area contributed by atoms with Crippen LogP contribution in [0.4, 0.5) is 13.6 Å². The van der Waals surface area contributed by atoms with Crippen molar-refractivity contribution in [3.05, 3.63) is 41.6 Å². The molecule has 0 radical (unpaired) electrons. The van der Waals surface area contributed by atoms with Crippen molar-refractivity contribution in [2.45, 2.75) is 56.3 Å². The number of piperidine rings is 1. The summed E-state index contributed by atoms with van der Waals surface area (Å²) in [6, 6.07) is 4.78. The predicted octanol–water partition coefficient (Wildman–Crippen LogP) is 3.24. The Hall–Kier alpha value is -2.83. The smallest absolute Gasteiger partial charge is 0.410 e. The van der Waals surface area contributed by atoms with Gasteiger partial charge in [0.2, 0.25) is 0 Å². The fraction of sp³-hybridized carbons (Fsp3) is 0.538. The highest BCUT2D eigenvalue weighted by atomic mass is 32.2. The minimum absolute atomic E-state index is 0.0272. The van der Waals surface area contributed by atoms with E-state index in [1.54, 1.807) is 4.90 Å². The van der Waals surface area contributed by atoms with Gasteiger partial charge in [-0.25, -0.2) is 27.0 Å². The van der Waals surface area contributed by atoms with Gasteiger partial charge < -0.3 is 24.6 Å². The van der Waals surface area contributed by atoms with E-state index in [4.69, 9.17) is 14.6 Å². The lowest BCUT2D eigenvalue weighted by Gasteiger charge is -2.32. The number of rotatable bonds is 9. The SMILES string of the molecule is Cc1nc(S(=O)(=O)CC(O)CO)ccc1-c1cc(F)c(OCC2CCN(C(=O)OC3(C)CC3)CC2)c(F)c1. The number of carbonyl (C=O) groups excluding carboxylic acids is 1. The number of aryl methyl sites for hydroxylation is 1. The molecule has 1 aromatic carbocycles. The summed E-state index contributed by atoms with van der Waals surface area (Å²) in [4.78, 5) is 17.9. The molecule has 1 unspecified atom stereocenters. The predicted molar refractivity (Wildman–Crippen MR) is 133 cm³/mol. The second-order valence-corrected chi connectivity index (χ2v) is 12.2. The number of carbonyl (C=O) groups is 1. The summed E-state index contributed by atoms with van der Waals surface area (Å²) in [5.74, 6) is -2.98. The number of halogens is 2. The van der Waals surface area contributed by atoms with Crippen molar-refractivity contribution in [1.29, 1.82) is 0 Å². The average Bonchev–Trinajstić information content (AvgIpc) is 3.59. The Labute approximate surface area is 220 Å². The van der Waals surface area contributed by atoms with Crippen molar-refractivity contribution in [2.75, 3.05) is 32.1 Å². The standard InChI is InChI=1S/C26H32F2N2O7S/c1-16-20(3-4-23(29-16)38(34,35)15-19(32)13-31)18-11-21(27)24(22(28)12-18)36-14-17-5-9-30(10-6-17)25(33)37-26(2)7-8-26/h3-4,11-12,17,19,31-32H,5-10,13-15H2,1-2H3. The molecule has 2 aromatic rings. The Balaban J connectivity index is 1.38. The van der Waals surface area contributed by atoms with Crippen LogP contribution in [0.2, 0.25) is 0 Å². The monoisotopic (exact) mass is 554 g/mol. The van der Waals surface area contributed by atoms with Gasteiger partial charge in [-0.2, -0.15) is 0 Å². The van der Waals surface area contributed by atoms with Crippen LogP contribution >= 0.6 is 0 Å². The van der Waals surface area contributed by atoms with E-state index in [1.807, 2.05) is 6.92 Å². The largest absolute Gasteiger partial charge is 0.487 e. The number of benzene rings is 1. The van der Waals surface area contributed by atoms with Crippen molar-refractivity contribution in [1.82, 2.24) is 9.88 Å². The summed E-state index contributed by atoms with van der Waals surface area (Å²) in [5, 5.41) is 18.1. The summed E-state index contributed by atoms with van der Waals surface area (Å²) >= 11 is 0. The number of amides is 1.